The third kappa shape index (κ3) is 4.88. The van der Waals surface area contributed by atoms with E-state index < -0.39 is 30.2 Å². The fourth-order valence-corrected chi connectivity index (χ4v) is 2.47. The molecule has 29 heavy (non-hydrogen) atoms. The number of amides is 1. The van der Waals surface area contributed by atoms with Crippen LogP contribution in [-0.2, 0) is 15.7 Å². The number of esters is 1. The number of rotatable bonds is 5. The van der Waals surface area contributed by atoms with Crippen LogP contribution >= 0.6 is 11.6 Å². The SMILES string of the molecule is O=C(COC(=O)c1cccnc1Cl)Nc1cc(C(F)(F)F)ccc1-n1cncn1. The van der Waals surface area contributed by atoms with Gasteiger partial charge >= 0.3 is 12.1 Å². The van der Waals surface area contributed by atoms with E-state index in [0.717, 1.165) is 18.2 Å². The number of aromatic nitrogens is 4. The van der Waals surface area contributed by atoms with Gasteiger partial charge in [-0.15, -0.1) is 0 Å². The van der Waals surface area contributed by atoms with Gasteiger partial charge in [0.1, 0.15) is 17.8 Å². The summed E-state index contributed by atoms with van der Waals surface area (Å²) in [5.41, 5.74) is -1.07. The molecule has 1 amide bonds. The molecular formula is C17H11ClF3N5O3. The van der Waals surface area contributed by atoms with Crippen molar-refractivity contribution < 1.29 is 27.5 Å². The Morgan fingerprint density at radius 2 is 2.03 bits per heavy atom. The van der Waals surface area contributed by atoms with Crippen molar-refractivity contribution in [2.45, 2.75) is 6.18 Å². The highest BCUT2D eigenvalue weighted by Gasteiger charge is 2.31. The van der Waals surface area contributed by atoms with Gasteiger partial charge in [-0.1, -0.05) is 11.6 Å². The van der Waals surface area contributed by atoms with Gasteiger partial charge in [-0.3, -0.25) is 4.79 Å². The summed E-state index contributed by atoms with van der Waals surface area (Å²) in [6.07, 6.45) is -0.819. The zero-order chi connectivity index (χ0) is 21.0. The molecule has 3 aromatic rings. The van der Waals surface area contributed by atoms with Crippen molar-refractivity contribution in [3.63, 3.8) is 0 Å². The Morgan fingerprint density at radius 1 is 1.24 bits per heavy atom. The van der Waals surface area contributed by atoms with E-state index in [-0.39, 0.29) is 22.1 Å². The van der Waals surface area contributed by atoms with Crippen molar-refractivity contribution in [2.75, 3.05) is 11.9 Å². The van der Waals surface area contributed by atoms with Crippen LogP contribution in [0.3, 0.4) is 0 Å². The van der Waals surface area contributed by atoms with Crippen LogP contribution in [-0.4, -0.2) is 38.2 Å². The summed E-state index contributed by atoms with van der Waals surface area (Å²) in [4.78, 5) is 31.5. The summed E-state index contributed by atoms with van der Waals surface area (Å²) in [5, 5.41) is 6.01. The van der Waals surface area contributed by atoms with Gasteiger partial charge in [0.25, 0.3) is 5.91 Å². The zero-order valence-electron chi connectivity index (χ0n) is 14.4. The third-order valence-corrected chi connectivity index (χ3v) is 3.88. The maximum absolute atomic E-state index is 13.0. The smallest absolute Gasteiger partial charge is 0.416 e. The number of hydrogen-bond donors (Lipinski definition) is 1. The number of pyridine rings is 1. The molecule has 0 saturated heterocycles. The Balaban J connectivity index is 1.76. The van der Waals surface area contributed by atoms with E-state index in [0.29, 0.717) is 0 Å². The largest absolute Gasteiger partial charge is 0.452 e. The van der Waals surface area contributed by atoms with Crippen molar-refractivity contribution >= 4 is 29.2 Å². The number of benzene rings is 1. The highest BCUT2D eigenvalue weighted by molar-refractivity contribution is 6.32. The Morgan fingerprint density at radius 3 is 2.69 bits per heavy atom. The maximum Gasteiger partial charge on any atom is 0.416 e. The summed E-state index contributed by atoms with van der Waals surface area (Å²) in [6, 6.07) is 5.53. The predicted molar refractivity (Wildman–Crippen MR) is 94.5 cm³/mol. The monoisotopic (exact) mass is 425 g/mol. The van der Waals surface area contributed by atoms with E-state index in [1.807, 2.05) is 0 Å². The lowest BCUT2D eigenvalue weighted by Gasteiger charge is -2.14. The van der Waals surface area contributed by atoms with Crippen LogP contribution in [0.4, 0.5) is 18.9 Å². The number of halogens is 4. The maximum atomic E-state index is 13.0. The van der Waals surface area contributed by atoms with E-state index in [2.05, 4.69) is 20.4 Å². The number of alkyl halides is 3. The van der Waals surface area contributed by atoms with Crippen LogP contribution in [0.25, 0.3) is 5.69 Å². The quantitative estimate of drug-likeness (QED) is 0.498. The molecule has 1 N–H and O–H groups in total. The molecule has 0 saturated carbocycles. The average molecular weight is 426 g/mol. The number of anilines is 1. The van der Waals surface area contributed by atoms with E-state index in [1.54, 1.807) is 0 Å². The van der Waals surface area contributed by atoms with Gasteiger partial charge in [-0.25, -0.2) is 19.4 Å². The van der Waals surface area contributed by atoms with Crippen LogP contribution in [0.5, 0.6) is 0 Å². The number of carbonyl (C=O) groups excluding carboxylic acids is 2. The number of carbonyl (C=O) groups is 2. The summed E-state index contributed by atoms with van der Waals surface area (Å²) >= 11 is 5.77. The minimum absolute atomic E-state index is 0.0515. The second-order valence-electron chi connectivity index (χ2n) is 5.54. The van der Waals surface area contributed by atoms with Crippen LogP contribution in [0, 0.1) is 0 Å². The van der Waals surface area contributed by atoms with Crippen LogP contribution in [0.15, 0.2) is 49.2 Å². The molecule has 0 aliphatic heterocycles. The molecule has 0 radical (unpaired) electrons. The number of nitrogens with one attached hydrogen (secondary N) is 1. The Hall–Kier alpha value is -3.47. The standard InChI is InChI=1S/C17H11ClF3N5O3/c18-15-11(2-1-5-23-15)16(28)29-7-14(27)25-12-6-10(17(19,20)21)3-4-13(12)26-9-22-8-24-26/h1-6,8-9H,7H2,(H,25,27). The van der Waals surface area contributed by atoms with E-state index in [9.17, 15) is 22.8 Å². The minimum atomic E-state index is -4.62. The molecule has 2 heterocycles. The normalized spacial score (nSPS) is 11.2. The molecular weight excluding hydrogens is 415 g/mol. The lowest BCUT2D eigenvalue weighted by molar-refractivity contribution is -0.137. The molecule has 150 valence electrons. The number of nitrogens with zero attached hydrogens (tertiary/aromatic N) is 4. The van der Waals surface area contributed by atoms with Crippen molar-refractivity contribution in [3.05, 3.63) is 65.5 Å². The predicted octanol–water partition coefficient (Wildman–Crippen LogP) is 3.13. The molecule has 8 nitrogen and oxygen atoms in total. The lowest BCUT2D eigenvalue weighted by Crippen LogP contribution is -2.22. The molecule has 2 aromatic heterocycles. The topological polar surface area (TPSA) is 99.0 Å². The van der Waals surface area contributed by atoms with Gasteiger partial charge in [-0.2, -0.15) is 18.3 Å². The molecule has 0 fully saturated rings. The molecule has 1 aromatic carbocycles. The first kappa shape index (κ1) is 20.3. The minimum Gasteiger partial charge on any atom is -0.452 e. The second kappa shape index (κ2) is 8.27. The van der Waals surface area contributed by atoms with Gasteiger partial charge < -0.3 is 10.1 Å². The Kier molecular flexibility index (Phi) is 5.78. The molecule has 0 aliphatic carbocycles. The van der Waals surface area contributed by atoms with Gasteiger partial charge in [0.15, 0.2) is 6.61 Å². The summed E-state index contributed by atoms with van der Waals surface area (Å²) in [7, 11) is 0. The van der Waals surface area contributed by atoms with Crippen LogP contribution in [0.2, 0.25) is 5.15 Å². The first-order valence-corrected chi connectivity index (χ1v) is 8.27. The van der Waals surface area contributed by atoms with Crippen molar-refractivity contribution in [1.82, 2.24) is 19.7 Å². The van der Waals surface area contributed by atoms with Crippen LogP contribution < -0.4 is 5.32 Å². The van der Waals surface area contributed by atoms with Crippen molar-refractivity contribution in [2.24, 2.45) is 0 Å². The first-order valence-electron chi connectivity index (χ1n) is 7.89. The van der Waals surface area contributed by atoms with Crippen molar-refractivity contribution in [3.8, 4) is 5.69 Å². The third-order valence-electron chi connectivity index (χ3n) is 3.58. The molecule has 12 heteroatoms. The van der Waals surface area contributed by atoms with Gasteiger partial charge in [-0.05, 0) is 30.3 Å². The fourth-order valence-electron chi connectivity index (χ4n) is 2.28. The van der Waals surface area contributed by atoms with Crippen molar-refractivity contribution in [1.29, 1.82) is 0 Å². The molecule has 0 unspecified atom stereocenters. The highest BCUT2D eigenvalue weighted by atomic mass is 35.5. The summed E-state index contributed by atoms with van der Waals surface area (Å²) < 4.78 is 45.1. The zero-order valence-corrected chi connectivity index (χ0v) is 15.1. The molecule has 0 atom stereocenters. The highest BCUT2D eigenvalue weighted by Crippen LogP contribution is 2.33. The van der Waals surface area contributed by atoms with Gasteiger partial charge in [0.2, 0.25) is 0 Å². The molecule has 0 spiro atoms. The molecule has 3 rings (SSSR count). The van der Waals surface area contributed by atoms with E-state index >= 15 is 0 Å². The average Bonchev–Trinajstić information content (AvgIpc) is 3.20. The summed E-state index contributed by atoms with van der Waals surface area (Å²) in [5.74, 6) is -1.77. The Bertz CT molecular complexity index is 1040. The van der Waals surface area contributed by atoms with E-state index in [4.69, 9.17) is 16.3 Å². The molecule has 0 aliphatic rings. The number of ether oxygens (including phenoxy) is 1. The summed E-state index contributed by atoms with van der Waals surface area (Å²) in [6.45, 7) is -0.753. The van der Waals surface area contributed by atoms with Gasteiger partial charge in [0, 0.05) is 6.20 Å². The molecule has 0 bridgehead atoms. The lowest BCUT2D eigenvalue weighted by atomic mass is 10.1. The van der Waals surface area contributed by atoms with Gasteiger partial charge in [0.05, 0.1) is 22.5 Å². The van der Waals surface area contributed by atoms with E-state index in [1.165, 1.54) is 35.7 Å². The number of hydrogen-bond acceptors (Lipinski definition) is 6. The second-order valence-corrected chi connectivity index (χ2v) is 5.89. The van der Waals surface area contributed by atoms with Crippen LogP contribution in [0.1, 0.15) is 15.9 Å². The first-order chi connectivity index (χ1) is 13.8. The fraction of sp³-hybridized carbons (Fsp3) is 0.118. The Labute approximate surface area is 166 Å².